The van der Waals surface area contributed by atoms with Crippen molar-refractivity contribution < 1.29 is 13.6 Å². The number of aryl methyl sites for hydroxylation is 2. The van der Waals surface area contributed by atoms with Gasteiger partial charge in [-0.15, -0.1) is 0 Å². The van der Waals surface area contributed by atoms with Crippen molar-refractivity contribution in [3.8, 4) is 5.69 Å². The first-order valence-electron chi connectivity index (χ1n) is 8.28. The van der Waals surface area contributed by atoms with Crippen LogP contribution in [0.25, 0.3) is 5.69 Å². The number of nitrogens with zero attached hydrogens (tertiary/aromatic N) is 3. The molecule has 2 aromatic heterocycles. The van der Waals surface area contributed by atoms with Gasteiger partial charge in [-0.1, -0.05) is 35.4 Å². The summed E-state index contributed by atoms with van der Waals surface area (Å²) in [5.74, 6) is -3.95. The van der Waals surface area contributed by atoms with Crippen LogP contribution in [0.1, 0.15) is 27.0 Å². The molecule has 0 radical (unpaired) electrons. The molecule has 0 atom stereocenters. The van der Waals surface area contributed by atoms with E-state index in [-0.39, 0.29) is 22.0 Å². The highest BCUT2D eigenvalue weighted by Crippen LogP contribution is 2.32. The molecule has 2 heterocycles. The molecule has 0 aliphatic rings. The minimum absolute atomic E-state index is 0.0261. The number of pyridine rings is 1. The number of carbonyl (C=O) groups excluding carboxylic acids is 1. The number of amides is 1. The molecule has 0 saturated carbocycles. The number of rotatable bonds is 5. The number of hydrogen-bond acceptors (Lipinski definition) is 3. The lowest BCUT2D eigenvalue weighted by atomic mass is 10.00. The van der Waals surface area contributed by atoms with Crippen molar-refractivity contribution in [2.24, 2.45) is 0 Å². The predicted molar refractivity (Wildman–Crippen MR) is 106 cm³/mol. The van der Waals surface area contributed by atoms with Crippen LogP contribution in [0, 0.1) is 13.8 Å². The first-order chi connectivity index (χ1) is 13.2. The summed E-state index contributed by atoms with van der Waals surface area (Å²) in [6.45, 7) is 2.59. The van der Waals surface area contributed by atoms with E-state index in [2.05, 4.69) is 31.3 Å². The second kappa shape index (κ2) is 7.97. The molecule has 0 spiro atoms. The fourth-order valence-corrected chi connectivity index (χ4v) is 3.58. The molecule has 0 bridgehead atoms. The fraction of sp³-hybridized carbons (Fsp3) is 0.211. The third-order valence-electron chi connectivity index (χ3n) is 4.17. The predicted octanol–water partition coefficient (Wildman–Crippen LogP) is 4.82. The number of carbonyl (C=O) groups is 1. The Morgan fingerprint density at radius 1 is 1.36 bits per heavy atom. The molecular weight excluding hydrogens is 454 g/mol. The zero-order valence-corrected chi connectivity index (χ0v) is 17.4. The molecule has 5 nitrogen and oxygen atoms in total. The maximum absolute atomic E-state index is 14.7. The molecule has 0 fully saturated rings. The van der Waals surface area contributed by atoms with Crippen molar-refractivity contribution in [3.63, 3.8) is 0 Å². The van der Waals surface area contributed by atoms with Gasteiger partial charge in [0.2, 0.25) is 0 Å². The molecule has 1 N–H and O–H groups in total. The number of nitrogens with one attached hydrogen (secondary N) is 1. The first kappa shape index (κ1) is 20.4. The van der Waals surface area contributed by atoms with Gasteiger partial charge in [-0.05, 0) is 41.4 Å². The summed E-state index contributed by atoms with van der Waals surface area (Å²) < 4.78 is 31.1. The van der Waals surface area contributed by atoms with E-state index in [0.717, 1.165) is 5.56 Å². The van der Waals surface area contributed by atoms with E-state index in [1.54, 1.807) is 31.3 Å². The van der Waals surface area contributed by atoms with Gasteiger partial charge < -0.3 is 5.32 Å². The highest BCUT2D eigenvalue weighted by molar-refractivity contribution is 9.10. The summed E-state index contributed by atoms with van der Waals surface area (Å²) in [6, 6.07) is 6.33. The molecule has 0 saturated heterocycles. The molecule has 1 aromatic carbocycles. The summed E-state index contributed by atoms with van der Waals surface area (Å²) >= 11 is 9.38. The molecular formula is C19H16BrClF2N4O. The first-order valence-corrected chi connectivity index (χ1v) is 9.45. The van der Waals surface area contributed by atoms with Crippen molar-refractivity contribution in [1.29, 1.82) is 0 Å². The summed E-state index contributed by atoms with van der Waals surface area (Å²) in [5.41, 5.74) is 1.50. The van der Waals surface area contributed by atoms with Gasteiger partial charge in [0.1, 0.15) is 5.69 Å². The topological polar surface area (TPSA) is 59.8 Å². The maximum atomic E-state index is 14.7. The quantitative estimate of drug-likeness (QED) is 0.545. The summed E-state index contributed by atoms with van der Waals surface area (Å²) in [6.07, 6.45) is 4.43. The Bertz CT molecular complexity index is 1030. The highest BCUT2D eigenvalue weighted by Gasteiger charge is 2.34. The Hall–Kier alpha value is -2.32. The summed E-state index contributed by atoms with van der Waals surface area (Å²) in [5, 5.41) is 6.38. The van der Waals surface area contributed by atoms with Gasteiger partial charge in [0.05, 0.1) is 16.6 Å². The van der Waals surface area contributed by atoms with Crippen LogP contribution in [-0.2, 0) is 5.92 Å². The number of aromatic nitrogens is 3. The molecule has 0 aliphatic heterocycles. The van der Waals surface area contributed by atoms with Crippen LogP contribution in [0.4, 0.5) is 8.78 Å². The lowest BCUT2D eigenvalue weighted by Crippen LogP contribution is -2.36. The normalized spacial score (nSPS) is 11.5. The Balaban J connectivity index is 1.89. The molecule has 3 aromatic rings. The van der Waals surface area contributed by atoms with Gasteiger partial charge in [-0.2, -0.15) is 13.9 Å². The van der Waals surface area contributed by atoms with E-state index in [9.17, 15) is 13.6 Å². The van der Waals surface area contributed by atoms with Crippen LogP contribution >= 0.6 is 27.5 Å². The molecule has 0 unspecified atom stereocenters. The van der Waals surface area contributed by atoms with Crippen molar-refractivity contribution in [3.05, 3.63) is 74.7 Å². The third kappa shape index (κ3) is 4.07. The summed E-state index contributed by atoms with van der Waals surface area (Å²) in [4.78, 5) is 16.7. The van der Waals surface area contributed by atoms with Crippen LogP contribution in [0.2, 0.25) is 5.15 Å². The number of alkyl halides is 2. The smallest absolute Gasteiger partial charge is 0.290 e. The number of benzene rings is 1. The highest BCUT2D eigenvalue weighted by atomic mass is 79.9. The van der Waals surface area contributed by atoms with Crippen LogP contribution in [0.5, 0.6) is 0 Å². The van der Waals surface area contributed by atoms with Crippen LogP contribution in [-0.4, -0.2) is 27.2 Å². The fourth-order valence-electron chi connectivity index (χ4n) is 2.88. The van der Waals surface area contributed by atoms with E-state index in [0.29, 0.717) is 10.0 Å². The van der Waals surface area contributed by atoms with Gasteiger partial charge >= 0.3 is 0 Å². The molecule has 0 aliphatic carbocycles. The SMILES string of the molecule is Cc1ccc(C(F)(F)CNC(=O)c2c(Br)cnc(Cl)c2-n2cccn2)c(C)c1. The number of halogens is 4. The van der Waals surface area contributed by atoms with E-state index >= 15 is 0 Å². The van der Waals surface area contributed by atoms with Crippen LogP contribution in [0.3, 0.4) is 0 Å². The second-order valence-corrected chi connectivity index (χ2v) is 7.49. The van der Waals surface area contributed by atoms with Crippen LogP contribution in [0.15, 0.2) is 47.3 Å². The van der Waals surface area contributed by atoms with Crippen molar-refractivity contribution in [2.45, 2.75) is 19.8 Å². The van der Waals surface area contributed by atoms with E-state index in [1.807, 2.05) is 6.92 Å². The van der Waals surface area contributed by atoms with Gasteiger partial charge in [-0.25, -0.2) is 9.67 Å². The minimum Gasteiger partial charge on any atom is -0.345 e. The van der Waals surface area contributed by atoms with E-state index in [1.165, 1.54) is 23.1 Å². The van der Waals surface area contributed by atoms with Gasteiger partial charge in [0.15, 0.2) is 5.15 Å². The van der Waals surface area contributed by atoms with Gasteiger partial charge in [0.25, 0.3) is 11.8 Å². The monoisotopic (exact) mass is 468 g/mol. The molecule has 3 rings (SSSR count). The Morgan fingerprint density at radius 2 is 2.11 bits per heavy atom. The molecule has 9 heteroatoms. The second-order valence-electron chi connectivity index (χ2n) is 6.28. The Labute approximate surface area is 173 Å². The third-order valence-corrected chi connectivity index (χ3v) is 5.05. The molecule has 1 amide bonds. The molecule has 28 heavy (non-hydrogen) atoms. The lowest BCUT2D eigenvalue weighted by molar-refractivity contribution is -0.00308. The summed E-state index contributed by atoms with van der Waals surface area (Å²) in [7, 11) is 0. The standard InChI is InChI=1S/C19H16BrClF2N4O/c1-11-4-5-13(12(2)8-11)19(22,23)10-25-18(28)15-14(20)9-24-17(21)16(15)27-7-3-6-26-27/h3-9H,10H2,1-2H3,(H,25,28). The zero-order valence-electron chi connectivity index (χ0n) is 15.0. The largest absolute Gasteiger partial charge is 0.345 e. The maximum Gasteiger partial charge on any atom is 0.290 e. The average molecular weight is 470 g/mol. The number of hydrogen-bond donors (Lipinski definition) is 1. The van der Waals surface area contributed by atoms with Gasteiger partial charge in [0, 0.05) is 24.2 Å². The Kier molecular flexibility index (Phi) is 5.81. The van der Waals surface area contributed by atoms with Gasteiger partial charge in [-0.3, -0.25) is 4.79 Å². The van der Waals surface area contributed by atoms with Crippen molar-refractivity contribution in [1.82, 2.24) is 20.1 Å². The zero-order chi connectivity index (χ0) is 20.5. The molecule has 146 valence electrons. The van der Waals surface area contributed by atoms with Crippen molar-refractivity contribution in [2.75, 3.05) is 6.54 Å². The average Bonchev–Trinajstić information content (AvgIpc) is 3.15. The van der Waals surface area contributed by atoms with Crippen molar-refractivity contribution >= 4 is 33.4 Å². The van der Waals surface area contributed by atoms with E-state index in [4.69, 9.17) is 11.6 Å². The minimum atomic E-state index is -3.23. The van der Waals surface area contributed by atoms with Crippen LogP contribution < -0.4 is 5.32 Å². The lowest BCUT2D eigenvalue weighted by Gasteiger charge is -2.20. The van der Waals surface area contributed by atoms with E-state index < -0.39 is 18.4 Å². The Morgan fingerprint density at radius 3 is 2.75 bits per heavy atom.